The van der Waals surface area contributed by atoms with E-state index in [9.17, 15) is 5.11 Å². The molecule has 0 bridgehead atoms. The Morgan fingerprint density at radius 1 is 1.08 bits per heavy atom. The fraction of sp³-hybridized carbons (Fsp3) is 0.586. The number of aliphatic imine (C=N–C) groups is 2. The molecule has 0 radical (unpaired) electrons. The Labute approximate surface area is 217 Å². The zero-order valence-corrected chi connectivity index (χ0v) is 22.4. The number of nitrogens with zero attached hydrogens (tertiary/aromatic N) is 5. The quantitative estimate of drug-likeness (QED) is 0.345. The summed E-state index contributed by atoms with van der Waals surface area (Å²) in [5.74, 6) is 1.52. The molecule has 0 unspecified atom stereocenters. The third-order valence-corrected chi connectivity index (χ3v) is 7.67. The van der Waals surface area contributed by atoms with Gasteiger partial charge in [-0.15, -0.1) is 0 Å². The molecule has 4 rings (SSSR count). The topological polar surface area (TPSA) is 66.7 Å². The largest absolute Gasteiger partial charge is 0.393 e. The second-order valence-electron chi connectivity index (χ2n) is 10.4. The number of amidine groups is 1. The maximum Gasteiger partial charge on any atom is 0.219 e. The van der Waals surface area contributed by atoms with E-state index in [1.165, 1.54) is 11.1 Å². The summed E-state index contributed by atoms with van der Waals surface area (Å²) in [5, 5.41) is 13.4. The predicted octanol–water partition coefficient (Wildman–Crippen LogP) is 3.72. The van der Waals surface area contributed by atoms with Crippen LogP contribution in [0.3, 0.4) is 0 Å². The van der Waals surface area contributed by atoms with E-state index in [1.54, 1.807) is 7.05 Å². The number of nitrogens with one attached hydrogen (secondary N) is 1. The first-order chi connectivity index (χ1) is 17.5. The van der Waals surface area contributed by atoms with Gasteiger partial charge < -0.3 is 20.2 Å². The molecule has 7 heteroatoms. The normalized spacial score (nSPS) is 25.5. The fourth-order valence-corrected chi connectivity index (χ4v) is 5.24. The highest BCUT2D eigenvalue weighted by Crippen LogP contribution is 2.36. The van der Waals surface area contributed by atoms with Gasteiger partial charge in [0.2, 0.25) is 5.96 Å². The van der Waals surface area contributed by atoms with E-state index in [1.807, 2.05) is 0 Å². The molecule has 2 fully saturated rings. The highest BCUT2D eigenvalue weighted by Gasteiger charge is 2.33. The minimum atomic E-state index is -0.188. The van der Waals surface area contributed by atoms with Crippen molar-refractivity contribution in [3.8, 4) is 0 Å². The predicted molar refractivity (Wildman–Crippen MR) is 150 cm³/mol. The summed E-state index contributed by atoms with van der Waals surface area (Å²) in [6, 6.07) is 9.27. The van der Waals surface area contributed by atoms with Crippen LogP contribution < -0.4 is 5.32 Å². The van der Waals surface area contributed by atoms with E-state index < -0.39 is 0 Å². The van der Waals surface area contributed by atoms with E-state index in [4.69, 9.17) is 4.99 Å². The first-order valence-electron chi connectivity index (χ1n) is 13.7. The van der Waals surface area contributed by atoms with Gasteiger partial charge in [0.15, 0.2) is 0 Å². The van der Waals surface area contributed by atoms with E-state index in [-0.39, 0.29) is 6.10 Å². The van der Waals surface area contributed by atoms with Gasteiger partial charge in [-0.05, 0) is 50.3 Å². The Balaban J connectivity index is 1.53. The second-order valence-corrected chi connectivity index (χ2v) is 10.4. The van der Waals surface area contributed by atoms with Gasteiger partial charge >= 0.3 is 0 Å². The van der Waals surface area contributed by atoms with Crippen LogP contribution in [0.5, 0.6) is 0 Å². The number of hydrogen-bond donors (Lipinski definition) is 2. The first kappa shape index (κ1) is 26.6. The molecule has 0 atom stereocenters. The third kappa shape index (κ3) is 6.64. The van der Waals surface area contributed by atoms with E-state index in [0.717, 1.165) is 94.8 Å². The molecule has 36 heavy (non-hydrogen) atoms. The van der Waals surface area contributed by atoms with Gasteiger partial charge in [0.25, 0.3) is 0 Å². The van der Waals surface area contributed by atoms with Gasteiger partial charge in [-0.25, -0.2) is 0 Å². The maximum atomic E-state index is 10.1. The van der Waals surface area contributed by atoms with Crippen molar-refractivity contribution in [3.05, 3.63) is 53.7 Å². The molecule has 7 nitrogen and oxygen atoms in total. The zero-order valence-electron chi connectivity index (χ0n) is 22.4. The molecule has 1 saturated heterocycles. The molecule has 0 spiro atoms. The molecular formula is C29H44N6O. The summed E-state index contributed by atoms with van der Waals surface area (Å²) >= 11 is 0. The van der Waals surface area contributed by atoms with Crippen molar-refractivity contribution in [3.63, 3.8) is 0 Å². The molecule has 2 heterocycles. The average Bonchev–Trinajstić information content (AvgIpc) is 3.21. The SMILES string of the molecule is C=C1C(c2ccc(CN3CCN(C)CC3)cc2)=CN(C2CCC(O)CC2)C1=NC(=NC)NCCCC. The van der Waals surface area contributed by atoms with Crippen molar-refractivity contribution >= 4 is 17.4 Å². The molecule has 3 aliphatic rings. The molecule has 2 aliphatic heterocycles. The number of rotatable bonds is 7. The van der Waals surface area contributed by atoms with Gasteiger partial charge in [0.05, 0.1) is 6.10 Å². The van der Waals surface area contributed by atoms with Gasteiger partial charge in [-0.3, -0.25) is 9.89 Å². The van der Waals surface area contributed by atoms with Crippen LogP contribution in [0.15, 0.2) is 52.6 Å². The van der Waals surface area contributed by atoms with Crippen molar-refractivity contribution in [2.75, 3.05) is 46.8 Å². The first-order valence-corrected chi connectivity index (χ1v) is 13.7. The number of likely N-dealkylation sites (N-methyl/N-ethyl adjacent to an activating group) is 1. The molecule has 1 aromatic rings. The number of piperazine rings is 1. The molecule has 1 saturated carbocycles. The Morgan fingerprint density at radius 3 is 2.42 bits per heavy atom. The lowest BCUT2D eigenvalue weighted by atomic mass is 9.92. The summed E-state index contributed by atoms with van der Waals surface area (Å²) in [6.45, 7) is 13.0. The summed E-state index contributed by atoms with van der Waals surface area (Å²) in [7, 11) is 3.98. The highest BCUT2D eigenvalue weighted by atomic mass is 16.3. The Bertz CT molecular complexity index is 966. The summed E-state index contributed by atoms with van der Waals surface area (Å²) in [6.07, 6.45) is 7.79. The summed E-state index contributed by atoms with van der Waals surface area (Å²) < 4.78 is 0. The number of aliphatic hydroxyl groups excluding tert-OH is 1. The van der Waals surface area contributed by atoms with Crippen LogP contribution in [0, 0.1) is 0 Å². The zero-order chi connectivity index (χ0) is 25.5. The number of aliphatic hydroxyl groups is 1. The molecule has 196 valence electrons. The van der Waals surface area contributed by atoms with Crippen LogP contribution in [0.25, 0.3) is 5.57 Å². The number of guanidine groups is 1. The maximum absolute atomic E-state index is 10.1. The highest BCUT2D eigenvalue weighted by molar-refractivity contribution is 6.19. The molecule has 1 aliphatic carbocycles. The number of hydrogen-bond acceptors (Lipinski definition) is 4. The molecule has 0 aromatic heterocycles. The van der Waals surface area contributed by atoms with Gasteiger partial charge in [0.1, 0.15) is 5.84 Å². The van der Waals surface area contributed by atoms with Crippen LogP contribution >= 0.6 is 0 Å². The Morgan fingerprint density at radius 2 is 1.78 bits per heavy atom. The second kappa shape index (κ2) is 12.7. The van der Waals surface area contributed by atoms with E-state index in [0.29, 0.717) is 12.0 Å². The summed E-state index contributed by atoms with van der Waals surface area (Å²) in [5.41, 5.74) is 4.57. The molecule has 2 N–H and O–H groups in total. The average molecular weight is 493 g/mol. The standard InChI is InChI=1S/C29H44N6O/c1-5-6-15-31-29(30-3)32-28-22(2)27(21-35(28)25-11-13-26(36)14-12-25)24-9-7-23(8-10-24)20-34-18-16-33(4)17-19-34/h7-10,21,25-26,36H,2,5-6,11-20H2,1,3-4H3,(H,30,31). The smallest absolute Gasteiger partial charge is 0.219 e. The van der Waals surface area contributed by atoms with Crippen LogP contribution in [-0.4, -0.2) is 90.6 Å². The third-order valence-electron chi connectivity index (χ3n) is 7.67. The Hall–Kier alpha value is -2.48. The molecule has 1 aromatic carbocycles. The minimum absolute atomic E-state index is 0.188. The molecular weight excluding hydrogens is 448 g/mol. The van der Waals surface area contributed by atoms with Gasteiger partial charge in [-0.1, -0.05) is 44.2 Å². The number of unbranched alkanes of at least 4 members (excludes halogenated alkanes) is 1. The monoisotopic (exact) mass is 492 g/mol. The minimum Gasteiger partial charge on any atom is -0.393 e. The van der Waals surface area contributed by atoms with Gasteiger partial charge in [0, 0.05) is 69.7 Å². The summed E-state index contributed by atoms with van der Waals surface area (Å²) in [4.78, 5) is 16.6. The van der Waals surface area contributed by atoms with Crippen molar-refractivity contribution < 1.29 is 5.11 Å². The van der Waals surface area contributed by atoms with Crippen molar-refractivity contribution in [2.24, 2.45) is 9.98 Å². The molecule has 0 amide bonds. The van der Waals surface area contributed by atoms with Crippen molar-refractivity contribution in [2.45, 2.75) is 64.1 Å². The van der Waals surface area contributed by atoms with Crippen LogP contribution in [0.2, 0.25) is 0 Å². The van der Waals surface area contributed by atoms with Crippen LogP contribution in [0.4, 0.5) is 0 Å². The fourth-order valence-electron chi connectivity index (χ4n) is 5.24. The van der Waals surface area contributed by atoms with E-state index >= 15 is 0 Å². The lowest BCUT2D eigenvalue weighted by Gasteiger charge is -2.33. The number of benzene rings is 1. The lowest BCUT2D eigenvalue weighted by molar-refractivity contribution is 0.106. The van der Waals surface area contributed by atoms with Crippen LogP contribution in [0.1, 0.15) is 56.6 Å². The van der Waals surface area contributed by atoms with Crippen molar-refractivity contribution in [1.29, 1.82) is 0 Å². The Kier molecular flexibility index (Phi) is 9.35. The lowest BCUT2D eigenvalue weighted by Crippen LogP contribution is -2.43. The van der Waals surface area contributed by atoms with Crippen molar-refractivity contribution in [1.82, 2.24) is 20.0 Å². The van der Waals surface area contributed by atoms with Crippen LogP contribution in [-0.2, 0) is 6.54 Å². The van der Waals surface area contributed by atoms with E-state index in [2.05, 4.69) is 76.0 Å². The van der Waals surface area contributed by atoms with Gasteiger partial charge in [-0.2, -0.15) is 4.99 Å².